The average molecular weight is 238 g/mol. The van der Waals surface area contributed by atoms with Gasteiger partial charge in [-0.3, -0.25) is 0 Å². The van der Waals surface area contributed by atoms with Crippen LogP contribution in [0.4, 0.5) is 0 Å². The summed E-state index contributed by atoms with van der Waals surface area (Å²) in [5, 5.41) is 12.4. The monoisotopic (exact) mass is 238 g/mol. The second kappa shape index (κ2) is 4.98. The molecule has 0 heterocycles. The van der Waals surface area contributed by atoms with Crippen molar-refractivity contribution in [3.63, 3.8) is 0 Å². The van der Waals surface area contributed by atoms with Gasteiger partial charge >= 0.3 is 0 Å². The molecule has 90 valence electrons. The van der Waals surface area contributed by atoms with Gasteiger partial charge in [0.05, 0.1) is 6.07 Å². The summed E-state index contributed by atoms with van der Waals surface area (Å²) in [5.41, 5.74) is 0.354. The summed E-state index contributed by atoms with van der Waals surface area (Å²) in [7, 11) is 0. The highest BCUT2D eigenvalue weighted by Gasteiger charge is 2.42. The Morgan fingerprint density at radius 1 is 1.19 bits per heavy atom. The number of nitrogens with zero attached hydrogens (tertiary/aromatic N) is 1. The minimum atomic E-state index is 0.354. The number of rotatable bonds is 6. The summed E-state index contributed by atoms with van der Waals surface area (Å²) in [4.78, 5) is 0. The van der Waals surface area contributed by atoms with Crippen molar-refractivity contribution in [2.24, 2.45) is 5.41 Å². The Labute approximate surface area is 103 Å². The van der Waals surface area contributed by atoms with Crippen LogP contribution in [-0.2, 0) is 0 Å². The molecule has 0 atom stereocenters. The Morgan fingerprint density at radius 3 is 2.38 bits per heavy atom. The van der Waals surface area contributed by atoms with Crippen LogP contribution in [-0.4, -0.2) is 24.1 Å². The third-order valence-corrected chi connectivity index (χ3v) is 5.72. The first-order chi connectivity index (χ1) is 7.74. The van der Waals surface area contributed by atoms with E-state index in [1.165, 1.54) is 38.5 Å². The molecular formula is C13H22N2S. The van der Waals surface area contributed by atoms with Crippen LogP contribution in [0.5, 0.6) is 0 Å². The summed E-state index contributed by atoms with van der Waals surface area (Å²) < 4.78 is 0.503. The Bertz CT molecular complexity index is 272. The van der Waals surface area contributed by atoms with Crippen molar-refractivity contribution in [2.75, 3.05) is 19.3 Å². The molecule has 0 bridgehead atoms. The second-order valence-corrected chi connectivity index (χ2v) is 6.81. The molecule has 2 nitrogen and oxygen atoms in total. The van der Waals surface area contributed by atoms with E-state index >= 15 is 0 Å². The molecule has 0 aromatic rings. The molecule has 0 aliphatic heterocycles. The maximum Gasteiger partial charge on any atom is 0.0628 e. The fourth-order valence-electron chi connectivity index (χ4n) is 2.79. The van der Waals surface area contributed by atoms with Crippen molar-refractivity contribution in [2.45, 2.75) is 49.7 Å². The van der Waals surface area contributed by atoms with Crippen molar-refractivity contribution in [3.05, 3.63) is 0 Å². The van der Waals surface area contributed by atoms with E-state index in [0.29, 0.717) is 10.2 Å². The lowest BCUT2D eigenvalue weighted by Crippen LogP contribution is -2.37. The molecule has 0 unspecified atom stereocenters. The van der Waals surface area contributed by atoms with E-state index in [9.17, 15) is 0 Å². The molecule has 0 radical (unpaired) electrons. The fourth-order valence-corrected chi connectivity index (χ4v) is 3.73. The highest BCUT2D eigenvalue weighted by molar-refractivity contribution is 8.00. The molecule has 2 fully saturated rings. The lowest BCUT2D eigenvalue weighted by atomic mass is 10.0. The van der Waals surface area contributed by atoms with E-state index < -0.39 is 0 Å². The molecule has 3 heteroatoms. The van der Waals surface area contributed by atoms with Crippen molar-refractivity contribution >= 4 is 11.8 Å². The summed E-state index contributed by atoms with van der Waals surface area (Å²) >= 11 is 2.04. The van der Waals surface area contributed by atoms with Gasteiger partial charge in [0, 0.05) is 24.3 Å². The topological polar surface area (TPSA) is 35.8 Å². The standard InChI is InChI=1S/C13H22N2S/c1-16-13(4-2-3-5-13)11-15-10-12(6-7-12)8-9-14/h15H,2-8,10-11H2,1H3. The van der Waals surface area contributed by atoms with Crippen LogP contribution >= 0.6 is 11.8 Å². The maximum atomic E-state index is 8.77. The molecule has 2 aliphatic carbocycles. The summed E-state index contributed by atoms with van der Waals surface area (Å²) in [5.74, 6) is 0. The molecule has 1 N–H and O–H groups in total. The van der Waals surface area contributed by atoms with Gasteiger partial charge in [-0.2, -0.15) is 17.0 Å². The Hall–Kier alpha value is -0.200. The van der Waals surface area contributed by atoms with Crippen LogP contribution in [0.25, 0.3) is 0 Å². The van der Waals surface area contributed by atoms with Crippen molar-refractivity contribution < 1.29 is 0 Å². The van der Waals surface area contributed by atoms with Crippen LogP contribution in [0.15, 0.2) is 0 Å². The van der Waals surface area contributed by atoms with E-state index in [2.05, 4.69) is 17.6 Å². The van der Waals surface area contributed by atoms with E-state index in [4.69, 9.17) is 5.26 Å². The molecule has 0 spiro atoms. The number of nitriles is 1. The first-order valence-corrected chi connectivity index (χ1v) is 7.60. The zero-order valence-electron chi connectivity index (χ0n) is 10.2. The average Bonchev–Trinajstić information content (AvgIpc) is 2.89. The maximum absolute atomic E-state index is 8.77. The normalized spacial score (nSPS) is 25.2. The van der Waals surface area contributed by atoms with Crippen LogP contribution in [0.1, 0.15) is 44.9 Å². The molecular weight excluding hydrogens is 216 g/mol. The third kappa shape index (κ3) is 2.73. The number of thioether (sulfide) groups is 1. The predicted molar refractivity (Wildman–Crippen MR) is 69.5 cm³/mol. The van der Waals surface area contributed by atoms with Gasteiger partial charge in [-0.25, -0.2) is 0 Å². The molecule has 0 amide bonds. The summed E-state index contributed by atoms with van der Waals surface area (Å²) in [6, 6.07) is 2.33. The van der Waals surface area contributed by atoms with Gasteiger partial charge in [0.1, 0.15) is 0 Å². The zero-order chi connectivity index (χ0) is 11.5. The quantitative estimate of drug-likeness (QED) is 0.773. The van der Waals surface area contributed by atoms with Crippen LogP contribution in [0.2, 0.25) is 0 Å². The van der Waals surface area contributed by atoms with Crippen LogP contribution < -0.4 is 5.32 Å². The van der Waals surface area contributed by atoms with Gasteiger partial charge in [-0.1, -0.05) is 12.8 Å². The lowest BCUT2D eigenvalue weighted by Gasteiger charge is -2.28. The van der Waals surface area contributed by atoms with Gasteiger partial charge < -0.3 is 5.32 Å². The molecule has 2 aliphatic rings. The van der Waals surface area contributed by atoms with E-state index in [-0.39, 0.29) is 0 Å². The Balaban J connectivity index is 1.73. The van der Waals surface area contributed by atoms with E-state index in [0.717, 1.165) is 19.5 Å². The minimum Gasteiger partial charge on any atom is -0.315 e. The largest absolute Gasteiger partial charge is 0.315 e. The molecule has 0 aromatic carbocycles. The van der Waals surface area contributed by atoms with Gasteiger partial charge in [-0.15, -0.1) is 0 Å². The van der Waals surface area contributed by atoms with Gasteiger partial charge in [0.15, 0.2) is 0 Å². The van der Waals surface area contributed by atoms with Crippen molar-refractivity contribution in [1.29, 1.82) is 5.26 Å². The van der Waals surface area contributed by atoms with E-state index in [1.807, 2.05) is 11.8 Å². The number of hydrogen-bond donors (Lipinski definition) is 1. The highest BCUT2D eigenvalue weighted by Crippen LogP contribution is 2.48. The van der Waals surface area contributed by atoms with E-state index in [1.54, 1.807) is 0 Å². The van der Waals surface area contributed by atoms with Crippen LogP contribution in [0, 0.1) is 16.7 Å². The highest BCUT2D eigenvalue weighted by atomic mass is 32.2. The summed E-state index contributed by atoms with van der Waals surface area (Å²) in [6.45, 7) is 2.20. The second-order valence-electron chi connectivity index (χ2n) is 5.53. The molecule has 0 saturated heterocycles. The smallest absolute Gasteiger partial charge is 0.0628 e. The lowest BCUT2D eigenvalue weighted by molar-refractivity contribution is 0.437. The fraction of sp³-hybridized carbons (Fsp3) is 0.923. The molecule has 16 heavy (non-hydrogen) atoms. The Morgan fingerprint density at radius 2 is 1.88 bits per heavy atom. The van der Waals surface area contributed by atoms with Crippen molar-refractivity contribution in [3.8, 4) is 6.07 Å². The first kappa shape index (κ1) is 12.3. The van der Waals surface area contributed by atoms with Gasteiger partial charge in [0.25, 0.3) is 0 Å². The predicted octanol–water partition coefficient (Wildman–Crippen LogP) is 2.95. The zero-order valence-corrected chi connectivity index (χ0v) is 11.0. The van der Waals surface area contributed by atoms with Gasteiger partial charge in [0.2, 0.25) is 0 Å². The summed E-state index contributed by atoms with van der Waals surface area (Å²) in [6.07, 6.45) is 11.0. The Kier molecular flexibility index (Phi) is 3.81. The third-order valence-electron chi connectivity index (χ3n) is 4.31. The number of hydrogen-bond acceptors (Lipinski definition) is 3. The molecule has 2 rings (SSSR count). The first-order valence-electron chi connectivity index (χ1n) is 6.37. The minimum absolute atomic E-state index is 0.354. The number of nitrogens with one attached hydrogen (secondary N) is 1. The molecule has 2 saturated carbocycles. The van der Waals surface area contributed by atoms with Gasteiger partial charge in [-0.05, 0) is 37.4 Å². The van der Waals surface area contributed by atoms with Crippen molar-refractivity contribution in [1.82, 2.24) is 5.32 Å². The SMILES string of the molecule is CSC1(CNCC2(CC#N)CC2)CCCC1. The molecule has 0 aromatic heterocycles. The van der Waals surface area contributed by atoms with Crippen LogP contribution in [0.3, 0.4) is 0 Å².